The molecular weight excluding hydrogens is 329 g/mol. The summed E-state index contributed by atoms with van der Waals surface area (Å²) >= 11 is 0. The Kier molecular flexibility index (Phi) is 4.57. The second kappa shape index (κ2) is 6.88. The molecule has 0 bridgehead atoms. The number of nitrogens with zero attached hydrogens (tertiary/aromatic N) is 3. The van der Waals surface area contributed by atoms with Gasteiger partial charge in [0.2, 0.25) is 0 Å². The predicted octanol–water partition coefficient (Wildman–Crippen LogP) is 3.58. The second-order valence-electron chi connectivity index (χ2n) is 7.55. The molecular formula is C21H26FN3O. The summed E-state index contributed by atoms with van der Waals surface area (Å²) in [5.74, 6) is 0.0158. The first-order valence-electron chi connectivity index (χ1n) is 9.47. The van der Waals surface area contributed by atoms with E-state index < -0.39 is 0 Å². The zero-order chi connectivity index (χ0) is 18.3. The first kappa shape index (κ1) is 17.3. The van der Waals surface area contributed by atoms with Gasteiger partial charge in [-0.05, 0) is 57.0 Å². The maximum atomic E-state index is 13.1. The van der Waals surface area contributed by atoms with Crippen LogP contribution in [0.3, 0.4) is 0 Å². The Bertz CT molecular complexity index is 799. The third-order valence-corrected chi connectivity index (χ3v) is 5.63. The van der Waals surface area contributed by atoms with Crippen LogP contribution in [0.15, 0.2) is 30.3 Å². The van der Waals surface area contributed by atoms with E-state index in [4.69, 9.17) is 0 Å². The van der Waals surface area contributed by atoms with Gasteiger partial charge in [0.25, 0.3) is 0 Å². The number of benzene rings is 1. The van der Waals surface area contributed by atoms with Crippen molar-refractivity contribution >= 4 is 11.5 Å². The Labute approximate surface area is 154 Å². The van der Waals surface area contributed by atoms with Gasteiger partial charge >= 0.3 is 0 Å². The summed E-state index contributed by atoms with van der Waals surface area (Å²) in [4.78, 5) is 17.3. The number of hydrogen-bond acceptors (Lipinski definition) is 3. The molecule has 138 valence electrons. The fraction of sp³-hybridized carbons (Fsp3) is 0.476. The van der Waals surface area contributed by atoms with Crippen molar-refractivity contribution in [3.63, 3.8) is 0 Å². The van der Waals surface area contributed by atoms with Crippen molar-refractivity contribution in [2.45, 2.75) is 32.7 Å². The van der Waals surface area contributed by atoms with Crippen molar-refractivity contribution in [3.8, 4) is 0 Å². The highest BCUT2D eigenvalue weighted by Gasteiger charge is 2.29. The Hall–Kier alpha value is -2.14. The zero-order valence-corrected chi connectivity index (χ0v) is 15.5. The average molecular weight is 355 g/mol. The van der Waals surface area contributed by atoms with Gasteiger partial charge in [-0.1, -0.05) is 0 Å². The van der Waals surface area contributed by atoms with Gasteiger partial charge in [0.15, 0.2) is 5.78 Å². The third-order valence-electron chi connectivity index (χ3n) is 5.63. The number of anilines is 1. The third kappa shape index (κ3) is 3.40. The van der Waals surface area contributed by atoms with Gasteiger partial charge in [0.1, 0.15) is 5.82 Å². The number of hydrogen-bond donors (Lipinski definition) is 0. The highest BCUT2D eigenvalue weighted by Crippen LogP contribution is 2.38. The summed E-state index contributed by atoms with van der Waals surface area (Å²) < 4.78 is 15.4. The molecule has 2 fully saturated rings. The first-order valence-corrected chi connectivity index (χ1v) is 9.47. The Morgan fingerprint density at radius 2 is 1.73 bits per heavy atom. The largest absolute Gasteiger partial charge is 0.369 e. The van der Waals surface area contributed by atoms with Crippen LogP contribution in [-0.4, -0.2) is 48.0 Å². The number of carbonyl (C=O) groups excluding carboxylic acids is 1. The summed E-state index contributed by atoms with van der Waals surface area (Å²) in [6, 6.07) is 9.31. The molecule has 4 nitrogen and oxygen atoms in total. The molecule has 4 rings (SSSR count). The van der Waals surface area contributed by atoms with Gasteiger partial charge < -0.3 is 9.47 Å². The van der Waals surface area contributed by atoms with E-state index in [-0.39, 0.29) is 11.6 Å². The van der Waals surface area contributed by atoms with Gasteiger partial charge in [0, 0.05) is 54.9 Å². The standard InChI is InChI=1S/C21H26FN3O/c1-15-13-20(16(2)25(15)19-7-8-19)21(26)14-23-9-11-24(12-10-23)18-5-3-17(22)4-6-18/h3-6,13,19H,7-12,14H2,1-2H3. The maximum Gasteiger partial charge on any atom is 0.178 e. The fourth-order valence-electron chi connectivity index (χ4n) is 4.06. The summed E-state index contributed by atoms with van der Waals surface area (Å²) in [6.45, 7) is 8.08. The molecule has 1 aromatic heterocycles. The van der Waals surface area contributed by atoms with Gasteiger partial charge in [-0.15, -0.1) is 0 Å². The molecule has 0 N–H and O–H groups in total. The van der Waals surface area contributed by atoms with Crippen molar-refractivity contribution in [3.05, 3.63) is 53.1 Å². The molecule has 2 aromatic rings. The Morgan fingerprint density at radius 3 is 2.35 bits per heavy atom. The van der Waals surface area contributed by atoms with Crippen LogP contribution in [0.5, 0.6) is 0 Å². The van der Waals surface area contributed by atoms with Gasteiger partial charge in [-0.2, -0.15) is 0 Å². The molecule has 0 spiro atoms. The molecule has 0 radical (unpaired) electrons. The normalized spacial score (nSPS) is 18.3. The number of ketones is 1. The maximum absolute atomic E-state index is 13.1. The van der Waals surface area contributed by atoms with E-state index in [2.05, 4.69) is 34.3 Å². The molecule has 1 aromatic carbocycles. The minimum absolute atomic E-state index is 0.207. The number of aryl methyl sites for hydroxylation is 1. The summed E-state index contributed by atoms with van der Waals surface area (Å²) in [5.41, 5.74) is 4.26. The lowest BCUT2D eigenvalue weighted by Crippen LogP contribution is -2.48. The van der Waals surface area contributed by atoms with Crippen LogP contribution in [0, 0.1) is 19.7 Å². The minimum atomic E-state index is -0.207. The lowest BCUT2D eigenvalue weighted by Gasteiger charge is -2.35. The highest BCUT2D eigenvalue weighted by atomic mass is 19.1. The Morgan fingerprint density at radius 1 is 1.08 bits per heavy atom. The monoisotopic (exact) mass is 355 g/mol. The molecule has 1 aliphatic carbocycles. The van der Waals surface area contributed by atoms with E-state index in [1.807, 2.05) is 12.1 Å². The average Bonchev–Trinajstić information content (AvgIpc) is 3.41. The van der Waals surface area contributed by atoms with Crippen LogP contribution in [0.2, 0.25) is 0 Å². The van der Waals surface area contributed by atoms with Crippen LogP contribution in [0.4, 0.5) is 10.1 Å². The molecule has 1 saturated heterocycles. The molecule has 0 unspecified atom stereocenters. The Balaban J connectivity index is 1.36. The summed E-state index contributed by atoms with van der Waals surface area (Å²) in [7, 11) is 0. The number of rotatable bonds is 5. The number of halogens is 1. The number of Topliss-reactive ketones (excluding diaryl/α,β-unsaturated/α-hetero) is 1. The molecule has 2 heterocycles. The van der Waals surface area contributed by atoms with Crippen molar-refractivity contribution < 1.29 is 9.18 Å². The van der Waals surface area contributed by atoms with Gasteiger partial charge in [0.05, 0.1) is 6.54 Å². The number of aromatic nitrogens is 1. The number of carbonyl (C=O) groups is 1. The van der Waals surface area contributed by atoms with Crippen molar-refractivity contribution in [1.82, 2.24) is 9.47 Å². The molecule has 0 atom stereocenters. The molecule has 5 heteroatoms. The molecule has 2 aliphatic rings. The number of piperazine rings is 1. The quantitative estimate of drug-likeness (QED) is 0.768. The molecule has 1 aliphatic heterocycles. The van der Waals surface area contributed by atoms with Crippen LogP contribution >= 0.6 is 0 Å². The minimum Gasteiger partial charge on any atom is -0.369 e. The summed E-state index contributed by atoms with van der Waals surface area (Å²) in [5, 5.41) is 0. The van der Waals surface area contributed by atoms with E-state index in [1.54, 1.807) is 0 Å². The SMILES string of the molecule is Cc1cc(C(=O)CN2CCN(c3ccc(F)cc3)CC2)c(C)n1C1CC1. The van der Waals surface area contributed by atoms with Crippen molar-refractivity contribution in [2.24, 2.45) is 0 Å². The van der Waals surface area contributed by atoms with E-state index in [9.17, 15) is 9.18 Å². The van der Waals surface area contributed by atoms with Crippen molar-refractivity contribution in [2.75, 3.05) is 37.6 Å². The van der Waals surface area contributed by atoms with E-state index in [1.165, 1.54) is 30.7 Å². The second-order valence-corrected chi connectivity index (χ2v) is 7.55. The van der Waals surface area contributed by atoms with E-state index >= 15 is 0 Å². The predicted molar refractivity (Wildman–Crippen MR) is 102 cm³/mol. The van der Waals surface area contributed by atoms with Crippen LogP contribution in [0.1, 0.15) is 40.6 Å². The van der Waals surface area contributed by atoms with Gasteiger partial charge in [-0.3, -0.25) is 9.69 Å². The lowest BCUT2D eigenvalue weighted by molar-refractivity contribution is 0.0925. The van der Waals surface area contributed by atoms with Crippen LogP contribution in [-0.2, 0) is 0 Å². The summed E-state index contributed by atoms with van der Waals surface area (Å²) in [6.07, 6.45) is 2.46. The van der Waals surface area contributed by atoms with Crippen LogP contribution < -0.4 is 4.90 Å². The van der Waals surface area contributed by atoms with Crippen molar-refractivity contribution in [1.29, 1.82) is 0 Å². The van der Waals surface area contributed by atoms with E-state index in [0.29, 0.717) is 12.6 Å². The topological polar surface area (TPSA) is 28.5 Å². The highest BCUT2D eigenvalue weighted by molar-refractivity contribution is 5.99. The fourth-order valence-corrected chi connectivity index (χ4v) is 4.06. The molecule has 1 saturated carbocycles. The zero-order valence-electron chi connectivity index (χ0n) is 15.5. The smallest absolute Gasteiger partial charge is 0.178 e. The van der Waals surface area contributed by atoms with Crippen LogP contribution in [0.25, 0.3) is 0 Å². The molecule has 0 amide bonds. The van der Waals surface area contributed by atoms with Gasteiger partial charge in [-0.25, -0.2) is 4.39 Å². The first-order chi connectivity index (χ1) is 12.5. The lowest BCUT2D eigenvalue weighted by atomic mass is 10.1. The van der Waals surface area contributed by atoms with E-state index in [0.717, 1.165) is 43.1 Å². The molecule has 26 heavy (non-hydrogen) atoms.